The Hall–Kier alpha value is -1.17. The van der Waals surface area contributed by atoms with Crippen LogP contribution < -0.4 is 0 Å². The number of carboxylic acids is 1. The van der Waals surface area contributed by atoms with Crippen molar-refractivity contribution in [3.63, 3.8) is 0 Å². The first kappa shape index (κ1) is 11.9. The SMILES string of the molecule is CCOC1(O)C=CC(CC(=O)O)=CC1O. The minimum atomic E-state index is -1.74. The summed E-state index contributed by atoms with van der Waals surface area (Å²) in [6, 6.07) is 0. The van der Waals surface area contributed by atoms with E-state index in [9.17, 15) is 15.0 Å². The second-order valence-corrected chi connectivity index (χ2v) is 3.28. The van der Waals surface area contributed by atoms with E-state index in [4.69, 9.17) is 9.84 Å². The Labute approximate surface area is 87.3 Å². The number of carboxylic acid groups (broad SMARTS) is 1. The number of allylic oxidation sites excluding steroid dienone is 1. The van der Waals surface area contributed by atoms with Gasteiger partial charge in [-0.2, -0.15) is 0 Å². The quantitative estimate of drug-likeness (QED) is 0.575. The van der Waals surface area contributed by atoms with Crippen LogP contribution in [0.4, 0.5) is 0 Å². The summed E-state index contributed by atoms with van der Waals surface area (Å²) in [4.78, 5) is 10.4. The van der Waals surface area contributed by atoms with E-state index in [0.29, 0.717) is 5.57 Å². The molecule has 2 unspecified atom stereocenters. The molecule has 0 aliphatic heterocycles. The second kappa shape index (κ2) is 4.57. The maximum atomic E-state index is 10.4. The molecule has 0 saturated carbocycles. The van der Waals surface area contributed by atoms with Gasteiger partial charge in [0.1, 0.15) is 6.10 Å². The first-order chi connectivity index (χ1) is 6.98. The molecule has 0 aromatic carbocycles. The highest BCUT2D eigenvalue weighted by molar-refractivity contribution is 5.71. The Morgan fingerprint density at radius 1 is 1.67 bits per heavy atom. The predicted octanol–water partition coefficient (Wildman–Crippen LogP) is 0.0433. The zero-order valence-electron chi connectivity index (χ0n) is 8.38. The van der Waals surface area contributed by atoms with Crippen molar-refractivity contribution in [3.8, 4) is 0 Å². The highest BCUT2D eigenvalue weighted by Crippen LogP contribution is 2.24. The molecule has 0 aromatic rings. The van der Waals surface area contributed by atoms with Crippen LogP contribution in [0.15, 0.2) is 23.8 Å². The van der Waals surface area contributed by atoms with Crippen LogP contribution >= 0.6 is 0 Å². The molecule has 0 fully saturated rings. The molecule has 0 heterocycles. The summed E-state index contributed by atoms with van der Waals surface area (Å²) in [5.41, 5.74) is 0.444. The van der Waals surface area contributed by atoms with Crippen molar-refractivity contribution >= 4 is 5.97 Å². The molecular formula is C10H14O5. The van der Waals surface area contributed by atoms with Crippen molar-refractivity contribution in [2.75, 3.05) is 6.61 Å². The van der Waals surface area contributed by atoms with Crippen LogP contribution in [-0.2, 0) is 9.53 Å². The van der Waals surface area contributed by atoms with Gasteiger partial charge in [0.15, 0.2) is 0 Å². The van der Waals surface area contributed by atoms with Crippen LogP contribution in [0.1, 0.15) is 13.3 Å². The number of aliphatic hydroxyl groups is 2. The molecular weight excluding hydrogens is 200 g/mol. The molecule has 0 bridgehead atoms. The molecule has 0 amide bonds. The van der Waals surface area contributed by atoms with Gasteiger partial charge >= 0.3 is 5.97 Å². The standard InChI is InChI=1S/C10H14O5/c1-2-15-10(14)4-3-7(5-8(10)11)6-9(12)13/h3-5,8,11,14H,2,6H2,1H3,(H,12,13). The third-order valence-electron chi connectivity index (χ3n) is 2.06. The first-order valence-corrected chi connectivity index (χ1v) is 4.64. The fourth-order valence-electron chi connectivity index (χ4n) is 1.36. The van der Waals surface area contributed by atoms with Gasteiger partial charge < -0.3 is 20.1 Å². The van der Waals surface area contributed by atoms with Crippen LogP contribution in [0, 0.1) is 0 Å². The molecule has 0 spiro atoms. The van der Waals surface area contributed by atoms with E-state index < -0.39 is 17.9 Å². The molecule has 1 aliphatic rings. The van der Waals surface area contributed by atoms with Crippen molar-refractivity contribution < 1.29 is 24.9 Å². The molecule has 1 aliphatic carbocycles. The lowest BCUT2D eigenvalue weighted by molar-refractivity contribution is -0.209. The van der Waals surface area contributed by atoms with Gasteiger partial charge in [-0.1, -0.05) is 6.08 Å². The number of aliphatic hydroxyl groups excluding tert-OH is 1. The van der Waals surface area contributed by atoms with Gasteiger partial charge in [0.25, 0.3) is 0 Å². The van der Waals surface area contributed by atoms with E-state index in [-0.39, 0.29) is 13.0 Å². The molecule has 5 heteroatoms. The second-order valence-electron chi connectivity index (χ2n) is 3.28. The number of ether oxygens (including phenoxy) is 1. The largest absolute Gasteiger partial charge is 0.481 e. The summed E-state index contributed by atoms with van der Waals surface area (Å²) in [5, 5.41) is 27.8. The highest BCUT2D eigenvalue weighted by Gasteiger charge is 2.34. The van der Waals surface area contributed by atoms with Crippen LogP contribution in [0.2, 0.25) is 0 Å². The maximum Gasteiger partial charge on any atom is 0.307 e. The van der Waals surface area contributed by atoms with Gasteiger partial charge in [-0.15, -0.1) is 0 Å². The highest BCUT2D eigenvalue weighted by atomic mass is 16.6. The Morgan fingerprint density at radius 3 is 2.80 bits per heavy atom. The van der Waals surface area contributed by atoms with E-state index in [1.165, 1.54) is 18.2 Å². The Morgan fingerprint density at radius 2 is 2.33 bits per heavy atom. The summed E-state index contributed by atoms with van der Waals surface area (Å²) < 4.78 is 4.96. The zero-order chi connectivity index (χ0) is 11.5. The van der Waals surface area contributed by atoms with Gasteiger partial charge in [-0.3, -0.25) is 4.79 Å². The van der Waals surface area contributed by atoms with Crippen molar-refractivity contribution in [2.45, 2.75) is 25.2 Å². The summed E-state index contributed by atoms with van der Waals surface area (Å²) >= 11 is 0. The summed E-state index contributed by atoms with van der Waals surface area (Å²) in [6.07, 6.45) is 2.56. The van der Waals surface area contributed by atoms with Crippen molar-refractivity contribution in [3.05, 3.63) is 23.8 Å². The third kappa shape index (κ3) is 2.89. The molecule has 3 N–H and O–H groups in total. The third-order valence-corrected chi connectivity index (χ3v) is 2.06. The molecule has 1 rings (SSSR count). The maximum absolute atomic E-state index is 10.4. The van der Waals surface area contributed by atoms with Gasteiger partial charge in [-0.05, 0) is 24.6 Å². The van der Waals surface area contributed by atoms with Gasteiger partial charge in [-0.25, -0.2) is 0 Å². The topological polar surface area (TPSA) is 87.0 Å². The molecule has 0 radical (unpaired) electrons. The average molecular weight is 214 g/mol. The first-order valence-electron chi connectivity index (χ1n) is 4.64. The van der Waals surface area contributed by atoms with E-state index >= 15 is 0 Å². The van der Waals surface area contributed by atoms with Crippen molar-refractivity contribution in [1.82, 2.24) is 0 Å². The molecule has 5 nitrogen and oxygen atoms in total. The van der Waals surface area contributed by atoms with Gasteiger partial charge in [0, 0.05) is 6.61 Å². The number of hydrogen-bond donors (Lipinski definition) is 3. The lowest BCUT2D eigenvalue weighted by Gasteiger charge is -2.30. The van der Waals surface area contributed by atoms with E-state index in [1.54, 1.807) is 6.92 Å². The molecule has 0 saturated heterocycles. The monoisotopic (exact) mass is 214 g/mol. The Bertz CT molecular complexity index is 307. The molecule has 2 atom stereocenters. The number of carbonyl (C=O) groups is 1. The van der Waals surface area contributed by atoms with Crippen LogP contribution in [0.25, 0.3) is 0 Å². The Kier molecular flexibility index (Phi) is 3.62. The molecule has 15 heavy (non-hydrogen) atoms. The zero-order valence-corrected chi connectivity index (χ0v) is 8.38. The smallest absolute Gasteiger partial charge is 0.307 e. The van der Waals surface area contributed by atoms with E-state index in [1.807, 2.05) is 0 Å². The number of aliphatic carboxylic acids is 1. The summed E-state index contributed by atoms with van der Waals surface area (Å²) in [6.45, 7) is 1.94. The van der Waals surface area contributed by atoms with Gasteiger partial charge in [0.05, 0.1) is 6.42 Å². The normalized spacial score (nSPS) is 30.1. The predicted molar refractivity (Wildman–Crippen MR) is 52.1 cm³/mol. The van der Waals surface area contributed by atoms with Crippen molar-refractivity contribution in [2.24, 2.45) is 0 Å². The summed E-state index contributed by atoms with van der Waals surface area (Å²) in [7, 11) is 0. The fourth-order valence-corrected chi connectivity index (χ4v) is 1.36. The number of rotatable bonds is 4. The molecule has 84 valence electrons. The van der Waals surface area contributed by atoms with Crippen LogP contribution in [0.5, 0.6) is 0 Å². The van der Waals surface area contributed by atoms with Gasteiger partial charge in [0.2, 0.25) is 5.79 Å². The Balaban J connectivity index is 2.73. The molecule has 0 aromatic heterocycles. The average Bonchev–Trinajstić information content (AvgIpc) is 2.12. The lowest BCUT2D eigenvalue weighted by atomic mass is 9.97. The van der Waals surface area contributed by atoms with Crippen LogP contribution in [0.3, 0.4) is 0 Å². The van der Waals surface area contributed by atoms with Crippen LogP contribution in [-0.4, -0.2) is 39.8 Å². The van der Waals surface area contributed by atoms with Crippen molar-refractivity contribution in [1.29, 1.82) is 0 Å². The number of hydrogen-bond acceptors (Lipinski definition) is 4. The fraction of sp³-hybridized carbons (Fsp3) is 0.500. The lowest BCUT2D eigenvalue weighted by Crippen LogP contribution is -2.43. The van der Waals surface area contributed by atoms with E-state index in [2.05, 4.69) is 0 Å². The van der Waals surface area contributed by atoms with E-state index in [0.717, 1.165) is 0 Å². The summed E-state index contributed by atoms with van der Waals surface area (Å²) in [5.74, 6) is -2.73. The minimum absolute atomic E-state index is 0.185. The minimum Gasteiger partial charge on any atom is -0.481 e.